The number of benzene rings is 2. The monoisotopic (exact) mass is 757 g/mol. The summed E-state index contributed by atoms with van der Waals surface area (Å²) in [7, 11) is -4.21. The number of ether oxygens (including phenoxy) is 4. The number of aliphatic imine (C=N–C) groups is 1. The second-order valence-electron chi connectivity index (χ2n) is 14.8. The summed E-state index contributed by atoms with van der Waals surface area (Å²) in [6, 6.07) is 12.8. The maximum Gasteiger partial charge on any atom is 0.407 e. The minimum atomic E-state index is -4.21. The van der Waals surface area contributed by atoms with Crippen molar-refractivity contribution in [2.24, 2.45) is 16.8 Å². The van der Waals surface area contributed by atoms with Crippen LogP contribution in [0.4, 0.5) is 9.59 Å². The number of amides is 2. The number of H-pyrrole nitrogens is 1. The van der Waals surface area contributed by atoms with E-state index in [-0.39, 0.29) is 67.4 Å². The van der Waals surface area contributed by atoms with Crippen molar-refractivity contribution in [2.45, 2.75) is 82.5 Å². The quantitative estimate of drug-likeness (QED) is 0.112. The van der Waals surface area contributed by atoms with Gasteiger partial charge in [-0.2, -0.15) is 4.31 Å². The number of nitrogens with zero attached hydrogens (tertiary/aromatic N) is 2. The summed E-state index contributed by atoms with van der Waals surface area (Å²) < 4.78 is 51.9. The average molecular weight is 758 g/mol. The molecule has 2 saturated heterocycles. The van der Waals surface area contributed by atoms with Gasteiger partial charge in [-0.3, -0.25) is 4.99 Å². The molecule has 53 heavy (non-hydrogen) atoms. The van der Waals surface area contributed by atoms with E-state index >= 15 is 0 Å². The Bertz CT molecular complexity index is 1840. The lowest BCUT2D eigenvalue weighted by molar-refractivity contribution is -0.0907. The third-order valence-corrected chi connectivity index (χ3v) is 10.7. The first-order chi connectivity index (χ1) is 25.1. The van der Waals surface area contributed by atoms with Crippen molar-refractivity contribution < 1.29 is 47.2 Å². The number of alkyl carbamates (subject to hydrolysis) is 2. The fourth-order valence-electron chi connectivity index (χ4n) is 6.35. The lowest BCUT2D eigenvalue weighted by atomic mass is 10.0. The van der Waals surface area contributed by atoms with Crippen molar-refractivity contribution in [1.29, 1.82) is 0 Å². The third kappa shape index (κ3) is 10.7. The maximum atomic E-state index is 14.3. The van der Waals surface area contributed by atoms with Gasteiger partial charge in [0.1, 0.15) is 11.7 Å². The molecule has 290 valence electrons. The van der Waals surface area contributed by atoms with Gasteiger partial charge in [0.2, 0.25) is 10.0 Å². The lowest BCUT2D eigenvalue weighted by Gasteiger charge is -2.31. The van der Waals surface area contributed by atoms with Crippen LogP contribution in [0.25, 0.3) is 10.9 Å². The Morgan fingerprint density at radius 2 is 1.87 bits per heavy atom. The van der Waals surface area contributed by atoms with Gasteiger partial charge in [0, 0.05) is 36.8 Å². The van der Waals surface area contributed by atoms with Crippen molar-refractivity contribution >= 4 is 39.3 Å². The highest BCUT2D eigenvalue weighted by Gasteiger charge is 2.44. The van der Waals surface area contributed by atoms with E-state index < -0.39 is 52.4 Å². The summed E-state index contributed by atoms with van der Waals surface area (Å²) in [5.41, 5.74) is 0.952. The van der Waals surface area contributed by atoms with Gasteiger partial charge in [0.25, 0.3) is 0 Å². The topological polar surface area (TPSA) is 201 Å². The largest absolute Gasteiger partial charge is 0.494 e. The number of aromatic hydroxyl groups is 1. The molecule has 3 heterocycles. The predicted octanol–water partition coefficient (Wildman–Crippen LogP) is 3.92. The molecular weight excluding hydrogens is 706 g/mol. The first kappa shape index (κ1) is 40.0. The van der Waals surface area contributed by atoms with Crippen LogP contribution in [0.2, 0.25) is 0 Å². The molecule has 5 rings (SSSR count). The number of fused-ring (bicyclic) bond motifs is 2. The van der Waals surface area contributed by atoms with Gasteiger partial charge in [0.15, 0.2) is 12.2 Å². The molecule has 16 heteroatoms. The smallest absolute Gasteiger partial charge is 0.407 e. The van der Waals surface area contributed by atoms with Gasteiger partial charge in [-0.25, -0.2) is 18.0 Å². The Morgan fingerprint density at radius 1 is 1.11 bits per heavy atom. The molecule has 0 radical (unpaired) electrons. The number of rotatable bonds is 15. The number of aliphatic hydroxyl groups excluding tert-OH is 1. The number of aromatic nitrogens is 1. The normalized spacial score (nSPS) is 20.2. The molecule has 5 N–H and O–H groups in total. The Balaban J connectivity index is 1.32. The highest BCUT2D eigenvalue weighted by molar-refractivity contribution is 7.89. The molecule has 2 unspecified atom stereocenters. The highest BCUT2D eigenvalue weighted by Crippen LogP contribution is 2.33. The molecule has 2 aliphatic heterocycles. The number of carbonyl (C=O) groups is 2. The van der Waals surface area contributed by atoms with E-state index in [1.54, 1.807) is 26.8 Å². The zero-order chi connectivity index (χ0) is 38.3. The van der Waals surface area contributed by atoms with Crippen LogP contribution in [0.3, 0.4) is 0 Å². The maximum absolute atomic E-state index is 14.3. The Kier molecular flexibility index (Phi) is 13.0. The second-order valence-corrected chi connectivity index (χ2v) is 16.7. The van der Waals surface area contributed by atoms with Crippen molar-refractivity contribution in [2.75, 3.05) is 39.4 Å². The van der Waals surface area contributed by atoms with Crippen molar-refractivity contribution in [3.8, 4) is 5.88 Å². The molecule has 2 fully saturated rings. The summed E-state index contributed by atoms with van der Waals surface area (Å²) in [5.74, 6) is -0.379. The van der Waals surface area contributed by atoms with Crippen molar-refractivity contribution in [1.82, 2.24) is 19.9 Å². The minimum absolute atomic E-state index is 0.0559. The molecule has 0 aliphatic carbocycles. The molecule has 3 aromatic rings. The zero-order valence-corrected chi connectivity index (χ0v) is 31.6. The first-order valence-corrected chi connectivity index (χ1v) is 19.3. The summed E-state index contributed by atoms with van der Waals surface area (Å²) in [6.07, 6.45) is -1.21. The van der Waals surface area contributed by atoms with Gasteiger partial charge >= 0.3 is 12.2 Å². The van der Waals surface area contributed by atoms with Gasteiger partial charge in [-0.05, 0) is 63.3 Å². The lowest BCUT2D eigenvalue weighted by Crippen LogP contribution is -2.51. The van der Waals surface area contributed by atoms with E-state index in [1.807, 2.05) is 44.2 Å². The highest BCUT2D eigenvalue weighted by atomic mass is 32.2. The van der Waals surface area contributed by atoms with Crippen LogP contribution < -0.4 is 10.6 Å². The van der Waals surface area contributed by atoms with Crippen LogP contribution >= 0.6 is 0 Å². The number of nitrogens with one attached hydrogen (secondary N) is 3. The third-order valence-electron chi connectivity index (χ3n) is 8.83. The molecule has 2 aliphatic rings. The number of hydrogen-bond acceptors (Lipinski definition) is 11. The van der Waals surface area contributed by atoms with Crippen LogP contribution in [-0.2, 0) is 35.4 Å². The Labute approximate surface area is 310 Å². The second kappa shape index (κ2) is 17.3. The molecule has 0 spiro atoms. The molecule has 15 nitrogen and oxygen atoms in total. The number of aromatic amines is 1. The van der Waals surface area contributed by atoms with Gasteiger partial charge in [-0.15, -0.1) is 0 Å². The number of carbonyl (C=O) groups excluding carboxylic acids is 2. The average Bonchev–Trinajstić information content (AvgIpc) is 3.78. The number of aliphatic hydroxyl groups is 1. The number of sulfonamides is 1. The molecular formula is C37H51N5O10S. The van der Waals surface area contributed by atoms with E-state index in [0.717, 1.165) is 5.56 Å². The molecule has 2 amide bonds. The standard InChI is InChI=1S/C37H51N5O10S/c1-23(2)20-42(21-31(43)30(17-24-9-7-6-8-10-24)41-36(46)51-32-22-50-34-26(32)13-16-49-34)53(47,48)25-11-12-29-27(18-25)28(33(44)40-29)19-38-14-15-39-35(45)52-37(3,4)5/h6-12,18-19,23,26,30-32,34,40,43-44H,13-17,20-22H2,1-5H3,(H,39,45)(H,41,46)/t26?,30-,31+,32-,34?/m0/s1. The molecule has 1 aromatic heterocycles. The van der Waals surface area contributed by atoms with Crippen LogP contribution in [0.15, 0.2) is 58.4 Å². The van der Waals surface area contributed by atoms with Gasteiger partial charge in [0.05, 0.1) is 48.3 Å². The van der Waals surface area contributed by atoms with E-state index in [9.17, 15) is 28.2 Å². The fraction of sp³-hybridized carbons (Fsp3) is 0.541. The molecule has 5 atom stereocenters. The van der Waals surface area contributed by atoms with E-state index in [1.165, 1.54) is 22.7 Å². The summed E-state index contributed by atoms with van der Waals surface area (Å²) >= 11 is 0. The Hall–Kier alpha value is -4.22. The summed E-state index contributed by atoms with van der Waals surface area (Å²) in [5, 5.41) is 28.1. The molecule has 0 bridgehead atoms. The van der Waals surface area contributed by atoms with Crippen LogP contribution in [0, 0.1) is 11.8 Å². The van der Waals surface area contributed by atoms with Crippen molar-refractivity contribution in [3.05, 3.63) is 59.7 Å². The predicted molar refractivity (Wildman–Crippen MR) is 197 cm³/mol. The van der Waals surface area contributed by atoms with Crippen molar-refractivity contribution in [3.63, 3.8) is 0 Å². The molecule has 2 aromatic carbocycles. The number of hydrogen-bond donors (Lipinski definition) is 5. The molecule has 0 saturated carbocycles. The first-order valence-electron chi connectivity index (χ1n) is 17.8. The zero-order valence-electron chi connectivity index (χ0n) is 30.8. The SMILES string of the molecule is CC(C)CN(C[C@@H](O)[C@H](Cc1ccccc1)NC(=O)O[C@H]1COC2OCCC21)S(=O)(=O)c1ccc2[nH]c(O)c(C=NCCNC(=O)OC(C)(C)C)c2c1. The van der Waals surface area contributed by atoms with Crippen LogP contribution in [-0.4, -0.2) is 116 Å². The van der Waals surface area contributed by atoms with Gasteiger partial charge < -0.3 is 44.8 Å². The van der Waals surface area contributed by atoms with Gasteiger partial charge in [-0.1, -0.05) is 44.2 Å². The van der Waals surface area contributed by atoms with E-state index in [0.29, 0.717) is 23.9 Å². The van der Waals surface area contributed by atoms with E-state index in [4.69, 9.17) is 18.9 Å². The van der Waals surface area contributed by atoms with Crippen LogP contribution in [0.1, 0.15) is 52.2 Å². The summed E-state index contributed by atoms with van der Waals surface area (Å²) in [6.45, 7) is 9.87. The minimum Gasteiger partial charge on any atom is -0.494 e. The Morgan fingerprint density at radius 3 is 2.58 bits per heavy atom. The summed E-state index contributed by atoms with van der Waals surface area (Å²) in [4.78, 5) is 32.2. The van der Waals surface area contributed by atoms with Crippen LogP contribution in [0.5, 0.6) is 5.88 Å². The fourth-order valence-corrected chi connectivity index (χ4v) is 7.99. The van der Waals surface area contributed by atoms with E-state index in [2.05, 4.69) is 20.6 Å².